The minimum atomic E-state index is -3.86. The summed E-state index contributed by atoms with van der Waals surface area (Å²) in [7, 11) is -2.30. The molecular weight excluding hydrogens is 721 g/mol. The summed E-state index contributed by atoms with van der Waals surface area (Å²) in [5.74, 6) is -1.75. The molecule has 3 aliphatic carbocycles. The van der Waals surface area contributed by atoms with Crippen molar-refractivity contribution in [1.82, 2.24) is 20.3 Å². The van der Waals surface area contributed by atoms with Crippen molar-refractivity contribution in [2.45, 2.75) is 127 Å². The number of hydrogen-bond donors (Lipinski definition) is 3. The molecule has 4 amide bonds. The number of carbonyl (C=O) groups excluding carboxylic acids is 4. The zero-order valence-corrected chi connectivity index (χ0v) is 33.6. The van der Waals surface area contributed by atoms with Crippen molar-refractivity contribution in [2.75, 3.05) is 20.3 Å². The number of hydrogen-bond acceptors (Lipinski definition) is 8. The first-order valence-corrected chi connectivity index (χ1v) is 21.5. The SMILES string of the molecule is CO[C@@]12C[C@@H](C(=O)N[C@]3(C(=O)NS(=O)(=O)C4CC4)C[C@@H]3C3CC3)N(C1)C(=O)[C@H](C(C)(C)C)NC(=O)OCCCCCCc1ccc(C)cc1-c1ccc2cc1. The van der Waals surface area contributed by atoms with Crippen LogP contribution in [0, 0.1) is 24.2 Å². The van der Waals surface area contributed by atoms with Crippen LogP contribution < -0.4 is 15.4 Å². The van der Waals surface area contributed by atoms with E-state index >= 15 is 0 Å². The Morgan fingerprint density at radius 2 is 1.67 bits per heavy atom. The Morgan fingerprint density at radius 1 is 0.964 bits per heavy atom. The molecule has 55 heavy (non-hydrogen) atoms. The van der Waals surface area contributed by atoms with E-state index in [4.69, 9.17) is 9.47 Å². The van der Waals surface area contributed by atoms with Crippen molar-refractivity contribution in [3.8, 4) is 11.1 Å². The maximum absolute atomic E-state index is 14.8. The molecule has 3 heterocycles. The molecule has 8 rings (SSSR count). The van der Waals surface area contributed by atoms with Crippen LogP contribution in [0.1, 0.15) is 102 Å². The molecule has 6 aliphatic rings. The number of ether oxygens (including phenoxy) is 2. The summed E-state index contributed by atoms with van der Waals surface area (Å²) in [5, 5.41) is 5.20. The third kappa shape index (κ3) is 8.15. The average Bonchev–Trinajstić information content (AvgIpc) is 4.01. The number of benzene rings is 2. The number of alkyl carbamates (subject to hydrolysis) is 1. The number of fused-ring (bicyclic) bond motifs is 12. The minimum Gasteiger partial charge on any atom is -0.450 e. The monoisotopic (exact) mass is 776 g/mol. The van der Waals surface area contributed by atoms with Gasteiger partial charge in [-0.1, -0.05) is 81.6 Å². The maximum Gasteiger partial charge on any atom is 0.407 e. The van der Waals surface area contributed by atoms with Gasteiger partial charge in [0.2, 0.25) is 21.8 Å². The van der Waals surface area contributed by atoms with Crippen LogP contribution in [-0.2, 0) is 45.9 Å². The summed E-state index contributed by atoms with van der Waals surface area (Å²) < 4.78 is 39.9. The lowest BCUT2D eigenvalue weighted by atomic mass is 9.85. The van der Waals surface area contributed by atoms with Gasteiger partial charge in [0, 0.05) is 13.5 Å². The topological polar surface area (TPSA) is 160 Å². The highest BCUT2D eigenvalue weighted by atomic mass is 32.2. The number of aryl methyl sites for hydroxylation is 2. The van der Waals surface area contributed by atoms with Gasteiger partial charge in [0.1, 0.15) is 23.2 Å². The van der Waals surface area contributed by atoms with E-state index in [2.05, 4.69) is 52.6 Å². The normalized spacial score (nSPS) is 29.1. The minimum absolute atomic E-state index is 0.0000781. The summed E-state index contributed by atoms with van der Waals surface area (Å²) in [6, 6.07) is 12.5. The van der Waals surface area contributed by atoms with Gasteiger partial charge in [-0.15, -0.1) is 0 Å². The highest BCUT2D eigenvalue weighted by Crippen LogP contribution is 2.57. The number of sulfonamides is 1. The van der Waals surface area contributed by atoms with Crippen LogP contribution in [0.15, 0.2) is 42.5 Å². The fourth-order valence-electron chi connectivity index (χ4n) is 8.66. The van der Waals surface area contributed by atoms with Crippen LogP contribution in [0.2, 0.25) is 0 Å². The largest absolute Gasteiger partial charge is 0.450 e. The van der Waals surface area contributed by atoms with Crippen molar-refractivity contribution >= 4 is 33.8 Å². The Bertz CT molecular complexity index is 1940. The zero-order chi connectivity index (χ0) is 39.3. The van der Waals surface area contributed by atoms with Gasteiger partial charge in [-0.05, 0) is 97.8 Å². The van der Waals surface area contributed by atoms with Gasteiger partial charge in [-0.3, -0.25) is 19.1 Å². The summed E-state index contributed by atoms with van der Waals surface area (Å²) in [6.45, 7) is 7.81. The van der Waals surface area contributed by atoms with Crippen LogP contribution in [0.4, 0.5) is 4.79 Å². The fourth-order valence-corrected chi connectivity index (χ4v) is 10.0. The van der Waals surface area contributed by atoms with Crippen LogP contribution >= 0.6 is 0 Å². The van der Waals surface area contributed by atoms with Crippen LogP contribution in [0.5, 0.6) is 0 Å². The van der Waals surface area contributed by atoms with Crippen molar-refractivity contribution in [3.63, 3.8) is 0 Å². The molecule has 3 aliphatic heterocycles. The second-order valence-corrected chi connectivity index (χ2v) is 19.6. The molecular formula is C42H56N4O8S. The molecule has 4 fully saturated rings. The molecule has 0 aromatic heterocycles. The van der Waals surface area contributed by atoms with Gasteiger partial charge in [0.05, 0.1) is 18.4 Å². The first-order valence-electron chi connectivity index (χ1n) is 19.9. The number of rotatable bonds is 7. The molecule has 298 valence electrons. The third-order valence-electron chi connectivity index (χ3n) is 12.4. The maximum atomic E-state index is 14.8. The molecule has 4 bridgehead atoms. The highest BCUT2D eigenvalue weighted by molar-refractivity contribution is 7.91. The van der Waals surface area contributed by atoms with E-state index in [1.54, 1.807) is 7.11 Å². The Balaban J connectivity index is 1.25. The molecule has 0 unspecified atom stereocenters. The Labute approximate surface area is 324 Å². The summed E-state index contributed by atoms with van der Waals surface area (Å²) in [5.41, 5.74) is 2.12. The van der Waals surface area contributed by atoms with Crippen LogP contribution in [0.25, 0.3) is 11.1 Å². The number of nitrogens with zero attached hydrogens (tertiary/aromatic N) is 1. The zero-order valence-electron chi connectivity index (χ0n) is 32.7. The van der Waals surface area contributed by atoms with Gasteiger partial charge in [-0.25, -0.2) is 13.2 Å². The van der Waals surface area contributed by atoms with Crippen LogP contribution in [0.3, 0.4) is 0 Å². The summed E-state index contributed by atoms with van der Waals surface area (Å²) in [6.07, 6.45) is 6.95. The molecule has 12 nitrogen and oxygen atoms in total. The van der Waals surface area contributed by atoms with Crippen molar-refractivity contribution in [1.29, 1.82) is 0 Å². The van der Waals surface area contributed by atoms with E-state index in [0.717, 1.165) is 60.8 Å². The first-order chi connectivity index (χ1) is 26.1. The fraction of sp³-hybridized carbons (Fsp3) is 0.619. The van der Waals surface area contributed by atoms with Gasteiger partial charge >= 0.3 is 6.09 Å². The predicted octanol–water partition coefficient (Wildman–Crippen LogP) is 5.26. The van der Waals surface area contributed by atoms with E-state index in [1.165, 1.54) is 10.5 Å². The van der Waals surface area contributed by atoms with Crippen molar-refractivity contribution in [2.24, 2.45) is 17.3 Å². The predicted molar refractivity (Wildman–Crippen MR) is 207 cm³/mol. The average molecular weight is 777 g/mol. The molecule has 3 saturated carbocycles. The van der Waals surface area contributed by atoms with E-state index in [1.807, 2.05) is 32.9 Å². The quantitative estimate of drug-likeness (QED) is 0.344. The molecule has 0 spiro atoms. The smallest absolute Gasteiger partial charge is 0.407 e. The lowest BCUT2D eigenvalue weighted by Gasteiger charge is -2.36. The summed E-state index contributed by atoms with van der Waals surface area (Å²) in [4.78, 5) is 57.9. The molecule has 2 aromatic rings. The highest BCUT2D eigenvalue weighted by Gasteiger charge is 2.67. The van der Waals surface area contributed by atoms with E-state index in [-0.39, 0.29) is 31.4 Å². The number of nitrogens with one attached hydrogen (secondary N) is 3. The lowest BCUT2D eigenvalue weighted by molar-refractivity contribution is -0.143. The van der Waals surface area contributed by atoms with Crippen molar-refractivity contribution < 1.29 is 37.1 Å². The lowest BCUT2D eigenvalue weighted by Crippen LogP contribution is -2.60. The second-order valence-electron chi connectivity index (χ2n) is 17.7. The van der Waals surface area contributed by atoms with Gasteiger partial charge in [-0.2, -0.15) is 0 Å². The first kappa shape index (κ1) is 39.3. The Kier molecular flexibility index (Phi) is 10.6. The van der Waals surface area contributed by atoms with Gasteiger partial charge < -0.3 is 25.0 Å². The van der Waals surface area contributed by atoms with Crippen LogP contribution in [-0.4, -0.2) is 80.3 Å². The Morgan fingerprint density at radius 3 is 2.33 bits per heavy atom. The number of carbonyl (C=O) groups is 4. The Hall–Kier alpha value is -3.97. The molecule has 5 atom stereocenters. The molecule has 1 saturated heterocycles. The van der Waals surface area contributed by atoms with E-state index < -0.39 is 67.7 Å². The molecule has 2 aromatic carbocycles. The van der Waals surface area contributed by atoms with E-state index in [9.17, 15) is 27.6 Å². The number of amides is 4. The molecule has 13 heteroatoms. The molecule has 3 N–H and O–H groups in total. The summed E-state index contributed by atoms with van der Waals surface area (Å²) >= 11 is 0. The van der Waals surface area contributed by atoms with E-state index in [0.29, 0.717) is 25.7 Å². The second kappa shape index (κ2) is 14.8. The number of methoxy groups -OCH3 is 1. The van der Waals surface area contributed by atoms with Crippen molar-refractivity contribution in [3.05, 3.63) is 59.2 Å². The third-order valence-corrected chi connectivity index (χ3v) is 14.2. The molecule has 0 radical (unpaired) electrons. The van der Waals surface area contributed by atoms with Gasteiger partial charge in [0.15, 0.2) is 0 Å². The van der Waals surface area contributed by atoms with Gasteiger partial charge in [0.25, 0.3) is 5.91 Å². The standard InChI is InChI=1S/C42H56N4O8S/c1-26-11-12-27-10-8-6-7-9-21-54-39(50)43-35(40(2,3)4)37(48)46-25-41(53-5,30-17-15-28(16-18-30)32(27)22-26)24-34(46)36(47)44-42(23-33(42)29-13-14-29)38(49)45-55(51,52)31-19-20-31/h11-12,15-18,22,29,31,33-35H,6-10,13-14,19-21,23-25H2,1-5H3,(H,43,50)(H,44,47)(H,45,49)/t33-,34+,35-,41+,42-/m1/s1.